The van der Waals surface area contributed by atoms with E-state index in [-0.39, 0.29) is 17.2 Å². The molecule has 2 rings (SSSR count). The van der Waals surface area contributed by atoms with Crippen molar-refractivity contribution in [3.63, 3.8) is 0 Å². The SMILES string of the molecule is Cc1cc(C)c(C(=O)Nc2ccc(C#N)cc2F)c(C)c1. The molecule has 0 radical (unpaired) electrons. The van der Waals surface area contributed by atoms with Gasteiger partial charge in [0.2, 0.25) is 0 Å². The lowest BCUT2D eigenvalue weighted by atomic mass is 9.99. The highest BCUT2D eigenvalue weighted by Gasteiger charge is 2.15. The summed E-state index contributed by atoms with van der Waals surface area (Å²) in [4.78, 5) is 12.3. The van der Waals surface area contributed by atoms with Gasteiger partial charge < -0.3 is 5.32 Å². The summed E-state index contributed by atoms with van der Waals surface area (Å²) in [6.07, 6.45) is 0. The third-order valence-electron chi connectivity index (χ3n) is 3.25. The van der Waals surface area contributed by atoms with Crippen LogP contribution in [0.4, 0.5) is 10.1 Å². The number of amides is 1. The summed E-state index contributed by atoms with van der Waals surface area (Å²) in [6, 6.07) is 9.64. The molecule has 1 N–H and O–H groups in total. The standard InChI is InChI=1S/C17H15FN2O/c1-10-6-11(2)16(12(3)7-10)17(21)20-15-5-4-13(9-19)8-14(15)18/h4-8H,1-3H3,(H,20,21). The van der Waals surface area contributed by atoms with Crippen LogP contribution in [0.25, 0.3) is 0 Å². The summed E-state index contributed by atoms with van der Waals surface area (Å²) in [7, 11) is 0. The van der Waals surface area contributed by atoms with Crippen LogP contribution in [0.2, 0.25) is 0 Å². The van der Waals surface area contributed by atoms with Gasteiger partial charge in [-0.1, -0.05) is 17.7 Å². The highest BCUT2D eigenvalue weighted by Crippen LogP contribution is 2.20. The third-order valence-corrected chi connectivity index (χ3v) is 3.25. The number of hydrogen-bond acceptors (Lipinski definition) is 2. The number of carbonyl (C=O) groups is 1. The molecule has 2 aromatic carbocycles. The fraction of sp³-hybridized carbons (Fsp3) is 0.176. The van der Waals surface area contributed by atoms with Crippen molar-refractivity contribution in [2.24, 2.45) is 0 Å². The zero-order valence-corrected chi connectivity index (χ0v) is 12.1. The molecule has 2 aromatic rings. The lowest BCUT2D eigenvalue weighted by Crippen LogP contribution is -2.16. The molecule has 0 aromatic heterocycles. The Hall–Kier alpha value is -2.67. The number of aryl methyl sites for hydroxylation is 3. The number of hydrogen-bond donors (Lipinski definition) is 1. The summed E-state index contributed by atoms with van der Waals surface area (Å²) in [5.41, 5.74) is 3.60. The first-order valence-electron chi connectivity index (χ1n) is 6.51. The van der Waals surface area contributed by atoms with E-state index in [1.807, 2.05) is 39.0 Å². The van der Waals surface area contributed by atoms with Crippen LogP contribution < -0.4 is 5.32 Å². The molecule has 1 amide bonds. The van der Waals surface area contributed by atoms with E-state index in [0.717, 1.165) is 22.8 Å². The topological polar surface area (TPSA) is 52.9 Å². The average Bonchev–Trinajstić information content (AvgIpc) is 2.39. The van der Waals surface area contributed by atoms with Crippen molar-refractivity contribution in [1.29, 1.82) is 5.26 Å². The van der Waals surface area contributed by atoms with Gasteiger partial charge in [0.25, 0.3) is 5.91 Å². The molecule has 0 fully saturated rings. The maximum atomic E-state index is 13.8. The molecular formula is C17H15FN2O. The molecule has 3 nitrogen and oxygen atoms in total. The fourth-order valence-electron chi connectivity index (χ4n) is 2.41. The second-order valence-corrected chi connectivity index (χ2v) is 5.03. The van der Waals surface area contributed by atoms with E-state index in [1.165, 1.54) is 12.1 Å². The molecule has 0 aliphatic heterocycles. The first-order chi connectivity index (χ1) is 9.92. The lowest BCUT2D eigenvalue weighted by Gasteiger charge is -2.12. The van der Waals surface area contributed by atoms with Crippen molar-refractivity contribution in [2.45, 2.75) is 20.8 Å². The zero-order valence-electron chi connectivity index (χ0n) is 12.1. The first-order valence-corrected chi connectivity index (χ1v) is 6.51. The van der Waals surface area contributed by atoms with Crippen molar-refractivity contribution in [3.8, 4) is 6.07 Å². The molecule has 4 heteroatoms. The fourth-order valence-corrected chi connectivity index (χ4v) is 2.41. The molecule has 0 unspecified atom stereocenters. The maximum Gasteiger partial charge on any atom is 0.256 e. The van der Waals surface area contributed by atoms with Crippen molar-refractivity contribution in [3.05, 3.63) is 64.0 Å². The van der Waals surface area contributed by atoms with E-state index < -0.39 is 5.82 Å². The Balaban J connectivity index is 2.33. The van der Waals surface area contributed by atoms with Crippen LogP contribution in [-0.2, 0) is 0 Å². The minimum absolute atomic E-state index is 0.0679. The maximum absolute atomic E-state index is 13.8. The van der Waals surface area contributed by atoms with Gasteiger partial charge in [-0.25, -0.2) is 4.39 Å². The summed E-state index contributed by atoms with van der Waals surface area (Å²) >= 11 is 0. The Morgan fingerprint density at radius 1 is 1.14 bits per heavy atom. The van der Waals surface area contributed by atoms with Gasteiger partial charge in [-0.2, -0.15) is 5.26 Å². The van der Waals surface area contributed by atoms with Gasteiger partial charge in [0.15, 0.2) is 0 Å². The molecule has 0 heterocycles. The van der Waals surface area contributed by atoms with Crippen LogP contribution in [0.5, 0.6) is 0 Å². The Kier molecular flexibility index (Phi) is 4.04. The van der Waals surface area contributed by atoms with Crippen LogP contribution in [0.3, 0.4) is 0 Å². The minimum Gasteiger partial charge on any atom is -0.319 e. The van der Waals surface area contributed by atoms with Crippen LogP contribution in [0.15, 0.2) is 30.3 Å². The zero-order chi connectivity index (χ0) is 15.6. The summed E-state index contributed by atoms with van der Waals surface area (Å²) < 4.78 is 13.8. The number of carbonyl (C=O) groups excluding carboxylic acids is 1. The lowest BCUT2D eigenvalue weighted by molar-refractivity contribution is 0.102. The van der Waals surface area contributed by atoms with E-state index in [2.05, 4.69) is 5.32 Å². The number of rotatable bonds is 2. The van der Waals surface area contributed by atoms with Gasteiger partial charge >= 0.3 is 0 Å². The van der Waals surface area contributed by atoms with Gasteiger partial charge in [-0.3, -0.25) is 4.79 Å². The van der Waals surface area contributed by atoms with Crippen LogP contribution in [0.1, 0.15) is 32.6 Å². The molecule has 0 aliphatic rings. The van der Waals surface area contributed by atoms with Gasteiger partial charge in [0.1, 0.15) is 5.82 Å². The summed E-state index contributed by atoms with van der Waals surface area (Å²) in [5, 5.41) is 11.3. The van der Waals surface area contributed by atoms with Crippen LogP contribution >= 0.6 is 0 Å². The molecule has 0 saturated carbocycles. The third kappa shape index (κ3) is 3.09. The Labute approximate surface area is 123 Å². The minimum atomic E-state index is -0.621. The Bertz CT molecular complexity index is 737. The number of nitrogens with one attached hydrogen (secondary N) is 1. The van der Waals surface area contributed by atoms with E-state index >= 15 is 0 Å². The summed E-state index contributed by atoms with van der Waals surface area (Å²) in [6.45, 7) is 5.66. The van der Waals surface area contributed by atoms with Gasteiger partial charge in [-0.15, -0.1) is 0 Å². The molecule has 21 heavy (non-hydrogen) atoms. The van der Waals surface area contributed by atoms with Crippen molar-refractivity contribution in [1.82, 2.24) is 0 Å². The largest absolute Gasteiger partial charge is 0.319 e. The second kappa shape index (κ2) is 5.76. The molecule has 0 bridgehead atoms. The second-order valence-electron chi connectivity index (χ2n) is 5.03. The highest BCUT2D eigenvalue weighted by atomic mass is 19.1. The molecule has 0 spiro atoms. The van der Waals surface area contributed by atoms with Gasteiger partial charge in [0.05, 0.1) is 17.3 Å². The smallest absolute Gasteiger partial charge is 0.256 e. The highest BCUT2D eigenvalue weighted by molar-refractivity contribution is 6.06. The predicted octanol–water partition coefficient (Wildman–Crippen LogP) is 3.87. The van der Waals surface area contributed by atoms with Crippen molar-refractivity contribution in [2.75, 3.05) is 5.32 Å². The van der Waals surface area contributed by atoms with Gasteiger partial charge in [0, 0.05) is 5.56 Å². The van der Waals surface area contributed by atoms with Crippen molar-refractivity contribution >= 4 is 11.6 Å². The van der Waals surface area contributed by atoms with E-state index in [1.54, 1.807) is 0 Å². The molecule has 0 aliphatic carbocycles. The average molecular weight is 282 g/mol. The quantitative estimate of drug-likeness (QED) is 0.909. The molecule has 0 atom stereocenters. The number of anilines is 1. The molecular weight excluding hydrogens is 267 g/mol. The normalized spacial score (nSPS) is 10.0. The molecule has 106 valence electrons. The predicted molar refractivity (Wildman–Crippen MR) is 79.7 cm³/mol. The number of halogens is 1. The van der Waals surface area contributed by atoms with Gasteiger partial charge in [-0.05, 0) is 50.1 Å². The number of benzene rings is 2. The first kappa shape index (κ1) is 14.7. The van der Waals surface area contributed by atoms with Crippen LogP contribution in [0, 0.1) is 37.9 Å². The Morgan fingerprint density at radius 2 is 1.76 bits per heavy atom. The Morgan fingerprint density at radius 3 is 2.29 bits per heavy atom. The summed E-state index contributed by atoms with van der Waals surface area (Å²) in [5.74, 6) is -0.974. The molecule has 0 saturated heterocycles. The number of nitrogens with zero attached hydrogens (tertiary/aromatic N) is 1. The van der Waals surface area contributed by atoms with Crippen LogP contribution in [-0.4, -0.2) is 5.91 Å². The van der Waals surface area contributed by atoms with E-state index in [0.29, 0.717) is 5.56 Å². The van der Waals surface area contributed by atoms with Crippen molar-refractivity contribution < 1.29 is 9.18 Å². The van der Waals surface area contributed by atoms with E-state index in [4.69, 9.17) is 5.26 Å². The monoisotopic (exact) mass is 282 g/mol. The number of nitriles is 1. The van der Waals surface area contributed by atoms with E-state index in [9.17, 15) is 9.18 Å².